The molecule has 3 N–H and O–H groups in total. The van der Waals surface area contributed by atoms with Crippen LogP contribution in [-0.2, 0) is 5.60 Å². The van der Waals surface area contributed by atoms with Gasteiger partial charge in [0.25, 0.3) is 0 Å². The van der Waals surface area contributed by atoms with Crippen LogP contribution >= 0.6 is 0 Å². The van der Waals surface area contributed by atoms with E-state index in [2.05, 4.69) is 24.8 Å². The molecule has 3 nitrogen and oxygen atoms in total. The number of aliphatic hydroxyl groups excluding tert-OH is 2. The van der Waals surface area contributed by atoms with E-state index in [0.717, 1.165) is 36.0 Å². The molecule has 28 heavy (non-hydrogen) atoms. The molecule has 1 fully saturated rings. The van der Waals surface area contributed by atoms with E-state index in [0.29, 0.717) is 25.2 Å². The van der Waals surface area contributed by atoms with Crippen LogP contribution in [0.1, 0.15) is 70.4 Å². The van der Waals surface area contributed by atoms with E-state index in [-0.39, 0.29) is 0 Å². The van der Waals surface area contributed by atoms with E-state index in [9.17, 15) is 15.3 Å². The van der Waals surface area contributed by atoms with Gasteiger partial charge in [0.1, 0.15) is 0 Å². The Morgan fingerprint density at radius 3 is 2.54 bits per heavy atom. The van der Waals surface area contributed by atoms with Crippen LogP contribution in [0.15, 0.2) is 48.1 Å². The summed E-state index contributed by atoms with van der Waals surface area (Å²) in [4.78, 5) is 0. The number of rotatable bonds is 6. The van der Waals surface area contributed by atoms with Crippen LogP contribution < -0.4 is 0 Å². The molecule has 0 saturated heterocycles. The molecule has 1 aliphatic rings. The fourth-order valence-electron chi connectivity index (χ4n) is 3.55. The van der Waals surface area contributed by atoms with Crippen LogP contribution in [0.5, 0.6) is 0 Å². The first-order chi connectivity index (χ1) is 13.3. The molecule has 3 heteroatoms. The van der Waals surface area contributed by atoms with Crippen molar-refractivity contribution in [2.24, 2.45) is 5.92 Å². The second kappa shape index (κ2) is 10.6. The van der Waals surface area contributed by atoms with Gasteiger partial charge in [-0.25, -0.2) is 0 Å². The largest absolute Gasteiger partial charge is 0.393 e. The second-order valence-corrected chi connectivity index (χ2v) is 8.41. The molecule has 0 aliphatic heterocycles. The van der Waals surface area contributed by atoms with E-state index in [1.807, 2.05) is 36.4 Å². The van der Waals surface area contributed by atoms with Gasteiger partial charge in [-0.15, -0.1) is 0 Å². The van der Waals surface area contributed by atoms with E-state index in [1.165, 1.54) is 0 Å². The first-order valence-electron chi connectivity index (χ1n) is 10.3. The average molecular weight is 383 g/mol. The summed E-state index contributed by atoms with van der Waals surface area (Å²) in [5.74, 6) is 6.85. The van der Waals surface area contributed by atoms with Gasteiger partial charge < -0.3 is 15.3 Å². The van der Waals surface area contributed by atoms with Crippen LogP contribution in [0.3, 0.4) is 0 Å². The highest BCUT2D eigenvalue weighted by Gasteiger charge is 2.21. The van der Waals surface area contributed by atoms with Crippen molar-refractivity contribution in [3.05, 3.63) is 59.2 Å². The highest BCUT2D eigenvalue weighted by atomic mass is 16.3. The molecule has 1 saturated carbocycles. The zero-order valence-electron chi connectivity index (χ0n) is 17.4. The average Bonchev–Trinajstić information content (AvgIpc) is 2.61. The van der Waals surface area contributed by atoms with Gasteiger partial charge in [0.15, 0.2) is 0 Å². The molecule has 152 valence electrons. The number of hydrogen-bond donors (Lipinski definition) is 3. The summed E-state index contributed by atoms with van der Waals surface area (Å²) in [5, 5.41) is 29.7. The van der Waals surface area contributed by atoms with Gasteiger partial charge in [-0.3, -0.25) is 0 Å². The number of unbranched alkanes of at least 4 members (excludes halogenated alkanes) is 1. The summed E-state index contributed by atoms with van der Waals surface area (Å²) >= 11 is 0. The number of aliphatic hydroxyl groups is 3. The summed E-state index contributed by atoms with van der Waals surface area (Å²) in [6, 6.07) is 7.77. The van der Waals surface area contributed by atoms with Crippen molar-refractivity contribution in [2.45, 2.75) is 77.1 Å². The lowest BCUT2D eigenvalue weighted by molar-refractivity contribution is 0.0609. The van der Waals surface area contributed by atoms with Crippen molar-refractivity contribution in [1.82, 2.24) is 0 Å². The minimum atomic E-state index is -0.891. The molecule has 1 aliphatic carbocycles. The summed E-state index contributed by atoms with van der Waals surface area (Å²) < 4.78 is 0. The topological polar surface area (TPSA) is 60.7 Å². The van der Waals surface area contributed by atoms with Crippen LogP contribution in [0.2, 0.25) is 0 Å². The van der Waals surface area contributed by atoms with Crippen molar-refractivity contribution >= 4 is 0 Å². The molecule has 2 rings (SSSR count). The summed E-state index contributed by atoms with van der Waals surface area (Å²) in [6.45, 7) is 5.71. The predicted molar refractivity (Wildman–Crippen MR) is 115 cm³/mol. The van der Waals surface area contributed by atoms with Crippen molar-refractivity contribution in [2.75, 3.05) is 0 Å². The molecule has 0 amide bonds. The highest BCUT2D eigenvalue weighted by molar-refractivity contribution is 5.44. The molecule has 1 aromatic carbocycles. The third-order valence-electron chi connectivity index (χ3n) is 5.06. The molecule has 3 atom stereocenters. The lowest BCUT2D eigenvalue weighted by Crippen LogP contribution is -2.24. The lowest BCUT2D eigenvalue weighted by atomic mass is 9.90. The molecule has 0 bridgehead atoms. The Bertz CT molecular complexity index is 731. The molecular formula is C25H34O3. The summed E-state index contributed by atoms with van der Waals surface area (Å²) in [7, 11) is 0. The Balaban J connectivity index is 1.79. The monoisotopic (exact) mass is 382 g/mol. The van der Waals surface area contributed by atoms with Crippen molar-refractivity contribution < 1.29 is 15.3 Å². The Kier molecular flexibility index (Phi) is 8.51. The Labute approximate surface area is 169 Å². The van der Waals surface area contributed by atoms with Gasteiger partial charge in [0.05, 0.1) is 17.8 Å². The smallest absolute Gasteiger partial charge is 0.0852 e. The van der Waals surface area contributed by atoms with Gasteiger partial charge in [0, 0.05) is 11.5 Å². The first-order valence-corrected chi connectivity index (χ1v) is 10.3. The van der Waals surface area contributed by atoms with Gasteiger partial charge in [0.2, 0.25) is 0 Å². The molecule has 0 radical (unpaired) electrons. The molecule has 0 heterocycles. The molecular weight excluding hydrogens is 348 g/mol. The van der Waals surface area contributed by atoms with E-state index < -0.39 is 17.8 Å². The SMILES string of the molecule is C[C@H](C#Cc1ccccc1C(C)(C)O)CCC/C=C/C=C1C[C@@H](O)C[C@H](O)C1. The Hall–Kier alpha value is -1.86. The second-order valence-electron chi connectivity index (χ2n) is 8.41. The summed E-state index contributed by atoms with van der Waals surface area (Å²) in [5.41, 5.74) is 1.99. The van der Waals surface area contributed by atoms with Crippen molar-refractivity contribution in [3.8, 4) is 11.8 Å². The standard InChI is InChI=1S/C25H34O3/c1-19(14-15-21-12-8-9-13-24(21)25(2,3)28)10-6-4-5-7-11-20-16-22(26)18-23(27)17-20/h5,7-9,11-13,19,22-23,26-28H,4,6,10,16-18H2,1-3H3/b7-5+/t19-,22+,23+/m0/s1. The maximum atomic E-state index is 10.3. The number of allylic oxidation sites excluding steroid dienone is 3. The third kappa shape index (κ3) is 7.64. The van der Waals surface area contributed by atoms with E-state index in [4.69, 9.17) is 0 Å². The maximum absolute atomic E-state index is 10.3. The zero-order valence-corrected chi connectivity index (χ0v) is 17.4. The minimum absolute atomic E-state index is 0.297. The minimum Gasteiger partial charge on any atom is -0.393 e. The third-order valence-corrected chi connectivity index (χ3v) is 5.06. The normalized spacial score (nSPS) is 21.3. The fraction of sp³-hybridized carbons (Fsp3) is 0.520. The van der Waals surface area contributed by atoms with Crippen LogP contribution in [-0.4, -0.2) is 27.5 Å². The lowest BCUT2D eigenvalue weighted by Gasteiger charge is -2.24. The Morgan fingerprint density at radius 1 is 1.18 bits per heavy atom. The molecule has 0 unspecified atom stereocenters. The Morgan fingerprint density at radius 2 is 1.86 bits per heavy atom. The van der Waals surface area contributed by atoms with Gasteiger partial charge >= 0.3 is 0 Å². The van der Waals surface area contributed by atoms with Gasteiger partial charge in [-0.05, 0) is 64.0 Å². The molecule has 0 aromatic heterocycles. The highest BCUT2D eigenvalue weighted by Crippen LogP contribution is 2.24. The molecule has 1 aromatic rings. The van der Waals surface area contributed by atoms with Crippen molar-refractivity contribution in [3.63, 3.8) is 0 Å². The van der Waals surface area contributed by atoms with E-state index >= 15 is 0 Å². The van der Waals surface area contributed by atoms with Gasteiger partial charge in [-0.2, -0.15) is 0 Å². The van der Waals surface area contributed by atoms with E-state index in [1.54, 1.807) is 13.8 Å². The number of benzene rings is 1. The maximum Gasteiger partial charge on any atom is 0.0852 e. The fourth-order valence-corrected chi connectivity index (χ4v) is 3.55. The van der Waals surface area contributed by atoms with Crippen LogP contribution in [0.25, 0.3) is 0 Å². The van der Waals surface area contributed by atoms with Crippen LogP contribution in [0, 0.1) is 17.8 Å². The van der Waals surface area contributed by atoms with Crippen LogP contribution in [0.4, 0.5) is 0 Å². The zero-order chi connectivity index (χ0) is 20.6. The first kappa shape index (κ1) is 22.4. The van der Waals surface area contributed by atoms with Gasteiger partial charge in [-0.1, -0.05) is 60.8 Å². The number of hydrogen-bond acceptors (Lipinski definition) is 3. The summed E-state index contributed by atoms with van der Waals surface area (Å²) in [6.07, 6.45) is 10.3. The predicted octanol–water partition coefficient (Wildman–Crippen LogP) is 4.46. The molecule has 0 spiro atoms. The quantitative estimate of drug-likeness (QED) is 0.503. The van der Waals surface area contributed by atoms with Crippen molar-refractivity contribution in [1.29, 1.82) is 0 Å².